The molecular weight excluding hydrogens is 298 g/mol. The summed E-state index contributed by atoms with van der Waals surface area (Å²) in [5, 5.41) is 3.85. The molecule has 0 unspecified atom stereocenters. The summed E-state index contributed by atoms with van der Waals surface area (Å²) in [7, 11) is 0. The highest BCUT2D eigenvalue weighted by atomic mass is 16.5. The van der Waals surface area contributed by atoms with Crippen molar-refractivity contribution in [2.24, 2.45) is 0 Å². The van der Waals surface area contributed by atoms with Crippen LogP contribution in [0.1, 0.15) is 41.0 Å². The first kappa shape index (κ1) is 14.3. The number of hydrogen-bond donors (Lipinski definition) is 0. The predicted molar refractivity (Wildman–Crippen MR) is 77.6 cm³/mol. The summed E-state index contributed by atoms with van der Waals surface area (Å²) in [5.74, 6) is 1.02. The zero-order valence-electron chi connectivity index (χ0n) is 12.8. The topological polar surface area (TPSA) is 94.2 Å². The third-order valence-corrected chi connectivity index (χ3v) is 4.44. The summed E-state index contributed by atoms with van der Waals surface area (Å²) in [6.07, 6.45) is 6.20. The first-order valence-corrected chi connectivity index (χ1v) is 7.71. The molecule has 0 spiro atoms. The predicted octanol–water partition coefficient (Wildman–Crippen LogP) is 0.955. The van der Waals surface area contributed by atoms with Gasteiger partial charge in [0.1, 0.15) is 5.69 Å². The van der Waals surface area contributed by atoms with Gasteiger partial charge in [0.2, 0.25) is 5.89 Å². The second-order valence-electron chi connectivity index (χ2n) is 5.93. The average molecular weight is 315 g/mol. The molecule has 1 amide bonds. The highest BCUT2D eigenvalue weighted by Gasteiger charge is 2.44. The van der Waals surface area contributed by atoms with Gasteiger partial charge in [-0.05, 0) is 19.8 Å². The molecule has 0 bridgehead atoms. The molecule has 2 saturated heterocycles. The molecule has 2 fully saturated rings. The number of rotatable bonds is 2. The Hall–Kier alpha value is -2.35. The Bertz CT molecular complexity index is 704. The molecule has 120 valence electrons. The van der Waals surface area contributed by atoms with E-state index in [1.807, 2.05) is 4.90 Å². The molecule has 0 radical (unpaired) electrons. The van der Waals surface area contributed by atoms with Gasteiger partial charge in [0.05, 0.1) is 24.3 Å². The lowest BCUT2D eigenvalue weighted by Gasteiger charge is -2.39. The van der Waals surface area contributed by atoms with Gasteiger partial charge in [0.25, 0.3) is 5.91 Å². The quantitative estimate of drug-likeness (QED) is 0.814. The Labute approximate surface area is 132 Å². The standard InChI is InChI=1S/C15H17N5O3/c1-9-18-14(23-19-9)10-6-13-12(2-5-22-13)20(8-10)15(21)11-7-16-3-4-17-11/h3-4,7,10,12-13H,2,5-6,8H2,1H3/t10-,12+,13+/m0/s1. The van der Waals surface area contributed by atoms with E-state index in [2.05, 4.69) is 20.1 Å². The van der Waals surface area contributed by atoms with Crippen LogP contribution in [0.5, 0.6) is 0 Å². The van der Waals surface area contributed by atoms with Crippen LogP contribution in [0.25, 0.3) is 0 Å². The molecule has 0 saturated carbocycles. The second-order valence-corrected chi connectivity index (χ2v) is 5.93. The molecule has 2 aliphatic heterocycles. The van der Waals surface area contributed by atoms with Gasteiger partial charge in [-0.1, -0.05) is 5.16 Å². The SMILES string of the molecule is Cc1noc([C@H]2C[C@H]3OCC[C@H]3N(C(=O)c3cnccn3)C2)n1. The van der Waals surface area contributed by atoms with Crippen LogP contribution in [0.2, 0.25) is 0 Å². The van der Waals surface area contributed by atoms with Gasteiger partial charge < -0.3 is 14.2 Å². The van der Waals surface area contributed by atoms with Crippen molar-refractivity contribution in [3.05, 3.63) is 36.0 Å². The number of amides is 1. The molecular formula is C15H17N5O3. The largest absolute Gasteiger partial charge is 0.376 e. The number of likely N-dealkylation sites (tertiary alicyclic amines) is 1. The Morgan fingerprint density at radius 2 is 2.30 bits per heavy atom. The number of ether oxygens (including phenoxy) is 1. The molecule has 4 heterocycles. The van der Waals surface area contributed by atoms with Gasteiger partial charge in [-0.3, -0.25) is 9.78 Å². The second kappa shape index (κ2) is 5.69. The molecule has 0 N–H and O–H groups in total. The van der Waals surface area contributed by atoms with Crippen LogP contribution < -0.4 is 0 Å². The molecule has 0 aliphatic carbocycles. The van der Waals surface area contributed by atoms with Gasteiger partial charge in [-0.2, -0.15) is 4.98 Å². The van der Waals surface area contributed by atoms with Gasteiger partial charge in [-0.25, -0.2) is 4.98 Å². The molecule has 3 atom stereocenters. The van der Waals surface area contributed by atoms with Crippen molar-refractivity contribution >= 4 is 5.91 Å². The minimum atomic E-state index is -0.125. The molecule has 0 aromatic carbocycles. The van der Waals surface area contributed by atoms with Crippen molar-refractivity contribution in [2.45, 2.75) is 37.8 Å². The minimum absolute atomic E-state index is 0.00146. The van der Waals surface area contributed by atoms with Crippen molar-refractivity contribution in [1.82, 2.24) is 25.0 Å². The number of carbonyl (C=O) groups is 1. The van der Waals surface area contributed by atoms with E-state index in [1.54, 1.807) is 13.1 Å². The normalized spacial score (nSPS) is 27.0. The van der Waals surface area contributed by atoms with Crippen molar-refractivity contribution in [3.63, 3.8) is 0 Å². The fourth-order valence-electron chi connectivity index (χ4n) is 3.39. The Balaban J connectivity index is 1.62. The van der Waals surface area contributed by atoms with Gasteiger partial charge in [0, 0.05) is 25.5 Å². The number of piperidine rings is 1. The molecule has 8 heteroatoms. The molecule has 2 aromatic heterocycles. The van der Waals surface area contributed by atoms with E-state index in [9.17, 15) is 4.79 Å². The van der Waals surface area contributed by atoms with Crippen LogP contribution in [0, 0.1) is 6.92 Å². The number of carbonyl (C=O) groups excluding carboxylic acids is 1. The summed E-state index contributed by atoms with van der Waals surface area (Å²) in [4.78, 5) is 27.1. The van der Waals surface area contributed by atoms with E-state index in [0.717, 1.165) is 12.8 Å². The highest BCUT2D eigenvalue weighted by Crippen LogP contribution is 2.36. The lowest BCUT2D eigenvalue weighted by atomic mass is 9.89. The number of hydrogen-bond acceptors (Lipinski definition) is 7. The summed E-state index contributed by atoms with van der Waals surface area (Å²) in [6, 6.07) is 0.0739. The minimum Gasteiger partial charge on any atom is -0.376 e. The zero-order chi connectivity index (χ0) is 15.8. The maximum Gasteiger partial charge on any atom is 0.274 e. The number of aryl methyl sites for hydroxylation is 1. The van der Waals surface area contributed by atoms with Crippen LogP contribution in [0.3, 0.4) is 0 Å². The van der Waals surface area contributed by atoms with E-state index >= 15 is 0 Å². The number of nitrogens with zero attached hydrogens (tertiary/aromatic N) is 5. The van der Waals surface area contributed by atoms with Crippen molar-refractivity contribution in [3.8, 4) is 0 Å². The van der Waals surface area contributed by atoms with E-state index < -0.39 is 0 Å². The lowest BCUT2D eigenvalue weighted by Crippen LogP contribution is -2.51. The van der Waals surface area contributed by atoms with Crippen LogP contribution in [0.15, 0.2) is 23.1 Å². The molecule has 2 aromatic rings. The summed E-state index contributed by atoms with van der Waals surface area (Å²) < 4.78 is 11.1. The van der Waals surface area contributed by atoms with Gasteiger partial charge in [-0.15, -0.1) is 0 Å². The van der Waals surface area contributed by atoms with Crippen molar-refractivity contribution in [1.29, 1.82) is 0 Å². The Morgan fingerprint density at radius 3 is 3.04 bits per heavy atom. The monoisotopic (exact) mass is 315 g/mol. The maximum absolute atomic E-state index is 12.8. The third kappa shape index (κ3) is 2.59. The number of aromatic nitrogens is 4. The summed E-state index contributed by atoms with van der Waals surface area (Å²) >= 11 is 0. The summed E-state index contributed by atoms with van der Waals surface area (Å²) in [6.45, 7) is 2.98. The maximum atomic E-state index is 12.8. The summed E-state index contributed by atoms with van der Waals surface area (Å²) in [5.41, 5.74) is 0.348. The molecule has 8 nitrogen and oxygen atoms in total. The van der Waals surface area contributed by atoms with E-state index in [4.69, 9.17) is 9.26 Å². The fourth-order valence-corrected chi connectivity index (χ4v) is 3.39. The Morgan fingerprint density at radius 1 is 1.39 bits per heavy atom. The third-order valence-electron chi connectivity index (χ3n) is 4.44. The van der Waals surface area contributed by atoms with Crippen LogP contribution in [-0.4, -0.2) is 56.2 Å². The number of fused-ring (bicyclic) bond motifs is 1. The molecule has 4 rings (SSSR count). The van der Waals surface area contributed by atoms with Crippen LogP contribution in [-0.2, 0) is 4.74 Å². The highest BCUT2D eigenvalue weighted by molar-refractivity contribution is 5.92. The zero-order valence-corrected chi connectivity index (χ0v) is 12.8. The van der Waals surface area contributed by atoms with Crippen molar-refractivity contribution < 1.29 is 14.1 Å². The van der Waals surface area contributed by atoms with E-state index in [0.29, 0.717) is 30.6 Å². The van der Waals surface area contributed by atoms with Gasteiger partial charge >= 0.3 is 0 Å². The Kier molecular flexibility index (Phi) is 3.53. The first-order chi connectivity index (χ1) is 11.2. The smallest absolute Gasteiger partial charge is 0.274 e. The van der Waals surface area contributed by atoms with E-state index in [1.165, 1.54) is 12.4 Å². The first-order valence-electron chi connectivity index (χ1n) is 7.71. The molecule has 2 aliphatic rings. The van der Waals surface area contributed by atoms with E-state index in [-0.39, 0.29) is 24.0 Å². The fraction of sp³-hybridized carbons (Fsp3) is 0.533. The average Bonchev–Trinajstić information content (AvgIpc) is 3.22. The molecule has 23 heavy (non-hydrogen) atoms. The van der Waals surface area contributed by atoms with Crippen LogP contribution >= 0.6 is 0 Å². The van der Waals surface area contributed by atoms with Crippen molar-refractivity contribution in [2.75, 3.05) is 13.2 Å². The lowest BCUT2D eigenvalue weighted by molar-refractivity contribution is 0.0121. The van der Waals surface area contributed by atoms with Crippen LogP contribution in [0.4, 0.5) is 0 Å². The van der Waals surface area contributed by atoms with Gasteiger partial charge in [0.15, 0.2) is 5.82 Å².